The molecule has 0 radical (unpaired) electrons. The maximum absolute atomic E-state index is 11.6. The van der Waals surface area contributed by atoms with Crippen molar-refractivity contribution in [3.63, 3.8) is 0 Å². The van der Waals surface area contributed by atoms with E-state index in [2.05, 4.69) is 5.32 Å². The van der Waals surface area contributed by atoms with Crippen LogP contribution < -0.4 is 11.1 Å². The van der Waals surface area contributed by atoms with Gasteiger partial charge in [-0.15, -0.1) is 0 Å². The lowest BCUT2D eigenvalue weighted by Gasteiger charge is -2.20. The van der Waals surface area contributed by atoms with Gasteiger partial charge in [-0.05, 0) is 31.7 Å². The van der Waals surface area contributed by atoms with E-state index >= 15 is 0 Å². The zero-order chi connectivity index (χ0) is 13.1. The number of rotatable bonds is 5. The summed E-state index contributed by atoms with van der Waals surface area (Å²) in [7, 11) is -1.28. The minimum Gasteiger partial charge on any atom is -0.326 e. The molecule has 0 saturated heterocycles. The van der Waals surface area contributed by atoms with E-state index in [4.69, 9.17) is 5.73 Å². The van der Waals surface area contributed by atoms with Crippen LogP contribution in [0.25, 0.3) is 0 Å². The van der Waals surface area contributed by atoms with Gasteiger partial charge in [0.2, 0.25) is 0 Å². The van der Waals surface area contributed by atoms with Gasteiger partial charge in [-0.25, -0.2) is 8.42 Å². The fourth-order valence-electron chi connectivity index (χ4n) is 1.78. The van der Waals surface area contributed by atoms with Gasteiger partial charge < -0.3 is 11.1 Å². The molecule has 0 spiro atoms. The fraction of sp³-hybridized carbons (Fsp3) is 0.500. The molecule has 0 fully saturated rings. The summed E-state index contributed by atoms with van der Waals surface area (Å²) in [5.41, 5.74) is 6.85. The number of likely N-dealkylation sites (N-methyl/N-ethyl adjacent to an activating group) is 1. The quantitative estimate of drug-likeness (QED) is 0.827. The van der Waals surface area contributed by atoms with Crippen LogP contribution in [0.15, 0.2) is 29.2 Å². The van der Waals surface area contributed by atoms with E-state index < -0.39 is 9.84 Å². The highest BCUT2D eigenvalue weighted by atomic mass is 32.2. The third-order valence-electron chi connectivity index (χ3n) is 2.82. The van der Waals surface area contributed by atoms with Crippen molar-refractivity contribution in [3.8, 4) is 0 Å². The van der Waals surface area contributed by atoms with Gasteiger partial charge in [0, 0.05) is 12.1 Å². The molecule has 0 saturated carbocycles. The molecule has 0 aliphatic rings. The Bertz CT molecular complexity index is 452. The first-order chi connectivity index (χ1) is 7.92. The van der Waals surface area contributed by atoms with Gasteiger partial charge in [0.25, 0.3) is 0 Å². The Morgan fingerprint density at radius 1 is 1.29 bits per heavy atom. The van der Waals surface area contributed by atoms with Crippen molar-refractivity contribution in [1.29, 1.82) is 0 Å². The smallest absolute Gasteiger partial charge is 0.178 e. The lowest BCUT2D eigenvalue weighted by Crippen LogP contribution is -2.33. The molecular weight excluding hydrogens is 236 g/mol. The van der Waals surface area contributed by atoms with E-state index in [-0.39, 0.29) is 17.8 Å². The Kier molecular flexibility index (Phi) is 4.68. The van der Waals surface area contributed by atoms with Gasteiger partial charge >= 0.3 is 0 Å². The summed E-state index contributed by atoms with van der Waals surface area (Å²) in [6, 6.07) is 6.91. The molecule has 2 atom stereocenters. The van der Waals surface area contributed by atoms with Gasteiger partial charge in [-0.3, -0.25) is 0 Å². The third kappa shape index (κ3) is 3.28. The Balaban J connectivity index is 3.03. The molecule has 0 heterocycles. The molecular formula is C12H20N2O2S. The van der Waals surface area contributed by atoms with Crippen molar-refractivity contribution < 1.29 is 8.42 Å². The summed E-state index contributed by atoms with van der Waals surface area (Å²) in [6.45, 7) is 3.56. The molecule has 2 unspecified atom stereocenters. The maximum atomic E-state index is 11.6. The van der Waals surface area contributed by atoms with Crippen molar-refractivity contribution in [2.75, 3.05) is 12.8 Å². The second-order valence-corrected chi connectivity index (χ2v) is 6.38. The Morgan fingerprint density at radius 3 is 2.18 bits per heavy atom. The Morgan fingerprint density at radius 2 is 1.82 bits per heavy atom. The van der Waals surface area contributed by atoms with Crippen LogP contribution in [0, 0.1) is 0 Å². The first-order valence-corrected chi connectivity index (χ1v) is 7.33. The summed E-state index contributed by atoms with van der Waals surface area (Å²) in [6.07, 6.45) is 0. The predicted octanol–water partition coefficient (Wildman–Crippen LogP) is 1.09. The lowest BCUT2D eigenvalue weighted by molar-refractivity contribution is 0.503. The monoisotopic (exact) mass is 256 g/mol. The van der Waals surface area contributed by atoms with Crippen LogP contribution in [-0.4, -0.2) is 27.3 Å². The van der Waals surface area contributed by atoms with Gasteiger partial charge in [-0.2, -0.15) is 0 Å². The number of benzene rings is 1. The summed E-state index contributed by atoms with van der Waals surface area (Å²) in [4.78, 5) is 0.364. The molecule has 0 amide bonds. The van der Waals surface area contributed by atoms with Crippen molar-refractivity contribution in [2.24, 2.45) is 5.73 Å². The molecule has 1 rings (SSSR count). The number of nitrogens with two attached hydrogens (primary N) is 1. The summed E-state index contributed by atoms with van der Waals surface area (Å²) in [5, 5.41) is 3.12. The molecule has 3 N–H and O–H groups in total. The van der Waals surface area contributed by atoms with Crippen LogP contribution in [0.5, 0.6) is 0 Å². The SMILES string of the molecule is CCS(=O)(=O)c1ccc(C(NC)C(C)N)cc1. The van der Waals surface area contributed by atoms with Gasteiger partial charge in [0.05, 0.1) is 10.6 Å². The molecule has 96 valence electrons. The Labute approximate surface area is 103 Å². The van der Waals surface area contributed by atoms with E-state index in [9.17, 15) is 8.42 Å². The average molecular weight is 256 g/mol. The summed E-state index contributed by atoms with van der Waals surface area (Å²) >= 11 is 0. The number of hydrogen-bond acceptors (Lipinski definition) is 4. The van der Waals surface area contributed by atoms with Gasteiger partial charge in [-0.1, -0.05) is 19.1 Å². The second-order valence-electron chi connectivity index (χ2n) is 4.10. The maximum Gasteiger partial charge on any atom is 0.178 e. The first kappa shape index (κ1) is 14.2. The number of nitrogens with one attached hydrogen (secondary N) is 1. The van der Waals surface area contributed by atoms with Crippen molar-refractivity contribution in [1.82, 2.24) is 5.32 Å². The van der Waals surface area contributed by atoms with Gasteiger partial charge in [0.15, 0.2) is 9.84 Å². The number of hydrogen-bond donors (Lipinski definition) is 2. The lowest BCUT2D eigenvalue weighted by atomic mass is 10.0. The van der Waals surface area contributed by atoms with Crippen LogP contribution in [-0.2, 0) is 9.84 Å². The molecule has 0 aromatic heterocycles. The second kappa shape index (κ2) is 5.62. The average Bonchev–Trinajstić information content (AvgIpc) is 2.30. The highest BCUT2D eigenvalue weighted by Crippen LogP contribution is 2.18. The Hall–Kier alpha value is -0.910. The minimum absolute atomic E-state index is 0.0337. The molecule has 4 nitrogen and oxygen atoms in total. The molecule has 1 aromatic carbocycles. The van der Waals surface area contributed by atoms with Crippen LogP contribution in [0.2, 0.25) is 0 Å². The van der Waals surface area contributed by atoms with Crippen molar-refractivity contribution >= 4 is 9.84 Å². The molecule has 0 aliphatic heterocycles. The van der Waals surface area contributed by atoms with E-state index in [1.165, 1.54) is 0 Å². The van der Waals surface area contributed by atoms with Gasteiger partial charge in [0.1, 0.15) is 0 Å². The molecule has 1 aromatic rings. The van der Waals surface area contributed by atoms with Crippen LogP contribution in [0.1, 0.15) is 25.5 Å². The minimum atomic E-state index is -3.12. The first-order valence-electron chi connectivity index (χ1n) is 5.68. The highest BCUT2D eigenvalue weighted by molar-refractivity contribution is 7.91. The summed E-state index contributed by atoms with van der Waals surface area (Å²) < 4.78 is 23.3. The van der Waals surface area contributed by atoms with Crippen molar-refractivity contribution in [3.05, 3.63) is 29.8 Å². The standard InChI is InChI=1S/C12H20N2O2S/c1-4-17(15,16)11-7-5-10(6-8-11)12(14-3)9(2)13/h5-9,12,14H,4,13H2,1-3H3. The zero-order valence-corrected chi connectivity index (χ0v) is 11.3. The van der Waals surface area contributed by atoms with E-state index in [0.29, 0.717) is 4.90 Å². The van der Waals surface area contributed by atoms with E-state index in [0.717, 1.165) is 5.56 Å². The number of sulfone groups is 1. The topological polar surface area (TPSA) is 72.2 Å². The van der Waals surface area contributed by atoms with Crippen LogP contribution >= 0.6 is 0 Å². The normalized spacial score (nSPS) is 15.5. The van der Waals surface area contributed by atoms with Crippen molar-refractivity contribution in [2.45, 2.75) is 30.8 Å². The molecule has 0 aliphatic carbocycles. The molecule has 0 bridgehead atoms. The summed E-state index contributed by atoms with van der Waals surface area (Å²) in [5.74, 6) is 0.120. The van der Waals surface area contributed by atoms with E-state index in [1.54, 1.807) is 19.1 Å². The predicted molar refractivity (Wildman–Crippen MR) is 69.6 cm³/mol. The van der Waals surface area contributed by atoms with Crippen LogP contribution in [0.4, 0.5) is 0 Å². The third-order valence-corrected chi connectivity index (χ3v) is 4.57. The molecule has 5 heteroatoms. The van der Waals surface area contributed by atoms with E-state index in [1.807, 2.05) is 26.1 Å². The largest absolute Gasteiger partial charge is 0.326 e. The fourth-order valence-corrected chi connectivity index (χ4v) is 2.67. The molecule has 17 heavy (non-hydrogen) atoms. The zero-order valence-electron chi connectivity index (χ0n) is 10.5. The van der Waals surface area contributed by atoms with Crippen LogP contribution in [0.3, 0.4) is 0 Å². The highest BCUT2D eigenvalue weighted by Gasteiger charge is 2.16.